The molecule has 0 bridgehead atoms. The second kappa shape index (κ2) is 7.21. The molecule has 4 nitrogen and oxygen atoms in total. The molecule has 122 valence electrons. The van der Waals surface area contributed by atoms with Gasteiger partial charge >= 0.3 is 0 Å². The molecule has 0 saturated carbocycles. The van der Waals surface area contributed by atoms with Gasteiger partial charge in [0.25, 0.3) is 5.91 Å². The number of carbonyl (C=O) groups is 1. The zero-order chi connectivity index (χ0) is 17.1. The van der Waals surface area contributed by atoms with Crippen LogP contribution in [0.15, 0.2) is 59.1 Å². The van der Waals surface area contributed by atoms with Crippen LogP contribution in [0.4, 0.5) is 0 Å². The molecule has 0 unspecified atom stereocenters. The Hall–Kier alpha value is -2.08. The summed E-state index contributed by atoms with van der Waals surface area (Å²) < 4.78 is 6.48. The highest BCUT2D eigenvalue weighted by Gasteiger charge is 2.14. The van der Waals surface area contributed by atoms with E-state index in [2.05, 4.69) is 39.6 Å². The molecule has 0 atom stereocenters. The third-order valence-electron chi connectivity index (χ3n) is 3.64. The van der Waals surface area contributed by atoms with Gasteiger partial charge in [0.05, 0.1) is 9.50 Å². The van der Waals surface area contributed by atoms with Crippen molar-refractivity contribution < 1.29 is 9.53 Å². The molecular formula is C18H14BrClN2O2. The average molecular weight is 406 g/mol. The summed E-state index contributed by atoms with van der Waals surface area (Å²) in [5.41, 5.74) is 3.48. The monoisotopic (exact) mass is 404 g/mol. The molecule has 24 heavy (non-hydrogen) atoms. The van der Waals surface area contributed by atoms with Crippen molar-refractivity contribution in [1.82, 2.24) is 5.43 Å². The Morgan fingerprint density at radius 3 is 2.67 bits per heavy atom. The van der Waals surface area contributed by atoms with Crippen molar-refractivity contribution in [3.05, 3.63) is 75.2 Å². The smallest absolute Gasteiger partial charge is 0.265 e. The number of rotatable bonds is 4. The highest BCUT2D eigenvalue weighted by Crippen LogP contribution is 2.35. The molecule has 3 aromatic rings. The third-order valence-corrected chi connectivity index (χ3v) is 4.51. The van der Waals surface area contributed by atoms with E-state index in [4.69, 9.17) is 22.2 Å². The highest BCUT2D eigenvalue weighted by molar-refractivity contribution is 9.10. The lowest BCUT2D eigenvalue weighted by atomic mass is 10.1. The Labute approximate surface area is 152 Å². The predicted octanol–water partition coefficient (Wildman–Crippen LogP) is 4.44. The minimum absolute atomic E-state index is 0.336. The maximum atomic E-state index is 11.6. The topological polar surface area (TPSA) is 64.3 Å². The van der Waals surface area contributed by atoms with Crippen LogP contribution in [-0.2, 0) is 6.61 Å². The van der Waals surface area contributed by atoms with Crippen LogP contribution < -0.4 is 16.0 Å². The summed E-state index contributed by atoms with van der Waals surface area (Å²) in [6.07, 6.45) is 0. The SMILES string of the molecule is NNC(=O)c1cc(Cl)c(OCc2cccc3ccccc23)c(Br)c1. The summed E-state index contributed by atoms with van der Waals surface area (Å²) in [6, 6.07) is 17.3. The number of hydrazine groups is 1. The Balaban J connectivity index is 1.88. The summed E-state index contributed by atoms with van der Waals surface area (Å²) in [5, 5.41) is 2.62. The maximum absolute atomic E-state index is 11.6. The van der Waals surface area contributed by atoms with Crippen molar-refractivity contribution >= 4 is 44.2 Å². The molecule has 3 N–H and O–H groups in total. The summed E-state index contributed by atoms with van der Waals surface area (Å²) >= 11 is 9.63. The number of nitrogen functional groups attached to an aromatic ring is 1. The number of hydrogen-bond donors (Lipinski definition) is 2. The quantitative estimate of drug-likeness (QED) is 0.383. The first kappa shape index (κ1) is 16.8. The Bertz CT molecular complexity index is 886. The van der Waals surface area contributed by atoms with Crippen LogP contribution in [0.1, 0.15) is 15.9 Å². The summed E-state index contributed by atoms with van der Waals surface area (Å²) in [6.45, 7) is 0.363. The van der Waals surface area contributed by atoms with E-state index in [1.165, 1.54) is 6.07 Å². The second-order valence-electron chi connectivity index (χ2n) is 5.17. The summed E-state index contributed by atoms with van der Waals surface area (Å²) in [4.78, 5) is 11.6. The molecule has 0 aliphatic carbocycles. The Kier molecular flexibility index (Phi) is 5.04. The van der Waals surface area contributed by atoms with Gasteiger partial charge in [0, 0.05) is 5.56 Å². The molecule has 0 fully saturated rings. The van der Waals surface area contributed by atoms with Crippen molar-refractivity contribution in [3.63, 3.8) is 0 Å². The molecule has 3 aromatic carbocycles. The normalized spacial score (nSPS) is 10.6. The van der Waals surface area contributed by atoms with Crippen LogP contribution in [0, 0.1) is 0 Å². The van der Waals surface area contributed by atoms with E-state index in [-0.39, 0.29) is 0 Å². The Morgan fingerprint density at radius 1 is 1.17 bits per heavy atom. The standard InChI is InChI=1S/C18H14BrClN2O2/c19-15-8-13(18(23)22-21)9-16(20)17(15)24-10-12-6-3-5-11-4-1-2-7-14(11)12/h1-9H,10,21H2,(H,22,23). The van der Waals surface area contributed by atoms with Gasteiger partial charge in [0.2, 0.25) is 0 Å². The van der Waals surface area contributed by atoms with Crippen LogP contribution >= 0.6 is 27.5 Å². The minimum atomic E-state index is -0.418. The van der Waals surface area contributed by atoms with Gasteiger partial charge < -0.3 is 4.74 Å². The number of fused-ring (bicyclic) bond motifs is 1. The molecule has 0 saturated heterocycles. The zero-order valence-corrected chi connectivity index (χ0v) is 14.9. The van der Waals surface area contributed by atoms with Crippen molar-refractivity contribution in [2.45, 2.75) is 6.61 Å². The van der Waals surface area contributed by atoms with E-state index in [0.29, 0.717) is 27.4 Å². The number of hydrogen-bond acceptors (Lipinski definition) is 3. The van der Waals surface area contributed by atoms with Gasteiger partial charge in [-0.2, -0.15) is 0 Å². The van der Waals surface area contributed by atoms with E-state index in [1.807, 2.05) is 24.3 Å². The first-order chi connectivity index (χ1) is 11.6. The molecule has 0 aromatic heterocycles. The van der Waals surface area contributed by atoms with Crippen molar-refractivity contribution in [2.75, 3.05) is 0 Å². The molecule has 0 heterocycles. The third kappa shape index (κ3) is 3.38. The zero-order valence-electron chi connectivity index (χ0n) is 12.6. The van der Waals surface area contributed by atoms with Crippen molar-refractivity contribution in [1.29, 1.82) is 0 Å². The number of nitrogens with one attached hydrogen (secondary N) is 1. The van der Waals surface area contributed by atoms with E-state index in [0.717, 1.165) is 16.3 Å². The largest absolute Gasteiger partial charge is 0.486 e. The molecular weight excluding hydrogens is 392 g/mol. The van der Waals surface area contributed by atoms with Gasteiger partial charge in [0.1, 0.15) is 6.61 Å². The molecule has 0 aliphatic heterocycles. The van der Waals surface area contributed by atoms with E-state index < -0.39 is 5.91 Å². The number of nitrogens with two attached hydrogens (primary N) is 1. The fraction of sp³-hybridized carbons (Fsp3) is 0.0556. The fourth-order valence-corrected chi connectivity index (χ4v) is 3.44. The van der Waals surface area contributed by atoms with E-state index in [1.54, 1.807) is 6.07 Å². The van der Waals surface area contributed by atoms with Crippen LogP contribution in [0.3, 0.4) is 0 Å². The second-order valence-corrected chi connectivity index (χ2v) is 6.43. The molecule has 6 heteroatoms. The van der Waals surface area contributed by atoms with Gasteiger partial charge in [0.15, 0.2) is 5.75 Å². The summed E-state index contributed by atoms with van der Waals surface area (Å²) in [5.74, 6) is 5.21. The Morgan fingerprint density at radius 2 is 1.92 bits per heavy atom. The van der Waals surface area contributed by atoms with Crippen LogP contribution in [0.2, 0.25) is 5.02 Å². The van der Waals surface area contributed by atoms with Gasteiger partial charge in [-0.3, -0.25) is 10.2 Å². The van der Waals surface area contributed by atoms with E-state index >= 15 is 0 Å². The first-order valence-electron chi connectivity index (χ1n) is 7.19. The summed E-state index contributed by atoms with van der Waals surface area (Å²) in [7, 11) is 0. The van der Waals surface area contributed by atoms with Crippen molar-refractivity contribution in [3.8, 4) is 5.75 Å². The maximum Gasteiger partial charge on any atom is 0.265 e. The average Bonchev–Trinajstić information content (AvgIpc) is 2.60. The minimum Gasteiger partial charge on any atom is -0.486 e. The van der Waals surface area contributed by atoms with Gasteiger partial charge in [-0.05, 0) is 44.4 Å². The molecule has 0 radical (unpaired) electrons. The lowest BCUT2D eigenvalue weighted by molar-refractivity contribution is 0.0953. The highest BCUT2D eigenvalue weighted by atomic mass is 79.9. The van der Waals surface area contributed by atoms with Crippen molar-refractivity contribution in [2.24, 2.45) is 5.84 Å². The van der Waals surface area contributed by atoms with Crippen LogP contribution in [0.5, 0.6) is 5.75 Å². The number of amides is 1. The molecule has 1 amide bonds. The van der Waals surface area contributed by atoms with Gasteiger partial charge in [-0.25, -0.2) is 5.84 Å². The molecule has 0 spiro atoms. The lowest BCUT2D eigenvalue weighted by Gasteiger charge is -2.13. The van der Waals surface area contributed by atoms with Gasteiger partial charge in [-0.15, -0.1) is 0 Å². The number of carbonyl (C=O) groups excluding carboxylic acids is 1. The van der Waals surface area contributed by atoms with Crippen LogP contribution in [-0.4, -0.2) is 5.91 Å². The predicted molar refractivity (Wildman–Crippen MR) is 99.1 cm³/mol. The first-order valence-corrected chi connectivity index (χ1v) is 8.36. The molecule has 3 rings (SSSR count). The molecule has 0 aliphatic rings. The van der Waals surface area contributed by atoms with Crippen LogP contribution in [0.25, 0.3) is 10.8 Å². The van der Waals surface area contributed by atoms with E-state index in [9.17, 15) is 4.79 Å². The number of ether oxygens (including phenoxy) is 1. The number of benzene rings is 3. The fourth-order valence-electron chi connectivity index (χ4n) is 2.48. The van der Waals surface area contributed by atoms with Gasteiger partial charge in [-0.1, -0.05) is 54.1 Å². The lowest BCUT2D eigenvalue weighted by Crippen LogP contribution is -2.29. The number of halogens is 2.